The van der Waals surface area contributed by atoms with Gasteiger partial charge in [-0.3, -0.25) is 9.59 Å². The highest BCUT2D eigenvalue weighted by atomic mass is 32.2. The molecule has 156 valence electrons. The lowest BCUT2D eigenvalue weighted by atomic mass is 10.1. The summed E-state index contributed by atoms with van der Waals surface area (Å²) in [4.78, 5) is 30.1. The van der Waals surface area contributed by atoms with E-state index >= 15 is 0 Å². The Morgan fingerprint density at radius 1 is 1.13 bits per heavy atom. The van der Waals surface area contributed by atoms with Crippen molar-refractivity contribution in [2.75, 3.05) is 24.4 Å². The van der Waals surface area contributed by atoms with Crippen molar-refractivity contribution in [1.82, 2.24) is 10.3 Å². The molecule has 0 aliphatic rings. The quantitative estimate of drug-likeness (QED) is 0.517. The molecule has 1 heterocycles. The van der Waals surface area contributed by atoms with Crippen LogP contribution in [0.2, 0.25) is 0 Å². The first-order valence-electron chi connectivity index (χ1n) is 9.37. The zero-order chi connectivity index (χ0) is 21.3. The average molecular weight is 442 g/mol. The minimum atomic E-state index is -0.682. The zero-order valence-corrected chi connectivity index (χ0v) is 18.4. The number of aromatic nitrogens is 1. The van der Waals surface area contributed by atoms with Gasteiger partial charge in [-0.25, -0.2) is 4.98 Å². The molecule has 0 bridgehead atoms. The minimum absolute atomic E-state index is 0.291. The number of benzene rings is 2. The molecular formula is C22H23N3O3S2. The van der Waals surface area contributed by atoms with Crippen molar-refractivity contribution in [2.45, 2.75) is 12.5 Å². The van der Waals surface area contributed by atoms with Crippen molar-refractivity contribution < 1.29 is 14.3 Å². The minimum Gasteiger partial charge on any atom is -0.496 e. The van der Waals surface area contributed by atoms with Gasteiger partial charge in [0.2, 0.25) is 5.91 Å². The third-order valence-corrected chi connectivity index (χ3v) is 5.79. The Hall–Kier alpha value is -2.84. The van der Waals surface area contributed by atoms with Crippen LogP contribution in [0.5, 0.6) is 5.75 Å². The van der Waals surface area contributed by atoms with Gasteiger partial charge in [0.1, 0.15) is 11.8 Å². The summed E-state index contributed by atoms with van der Waals surface area (Å²) >= 11 is 2.97. The van der Waals surface area contributed by atoms with Gasteiger partial charge >= 0.3 is 0 Å². The number of hydrogen-bond acceptors (Lipinski definition) is 6. The fourth-order valence-electron chi connectivity index (χ4n) is 2.84. The van der Waals surface area contributed by atoms with Gasteiger partial charge in [0, 0.05) is 10.9 Å². The number of ether oxygens (including phenoxy) is 1. The molecule has 0 aliphatic carbocycles. The number of para-hydroxylation sites is 1. The molecule has 8 heteroatoms. The first-order chi connectivity index (χ1) is 14.6. The molecule has 3 aromatic rings. The number of anilines is 1. The van der Waals surface area contributed by atoms with E-state index in [0.29, 0.717) is 22.9 Å². The average Bonchev–Trinajstić information content (AvgIpc) is 3.25. The summed E-state index contributed by atoms with van der Waals surface area (Å²) < 4.78 is 5.26. The summed E-state index contributed by atoms with van der Waals surface area (Å²) in [5.41, 5.74) is 2.18. The molecule has 0 saturated carbocycles. The highest BCUT2D eigenvalue weighted by Gasteiger charge is 2.23. The first kappa shape index (κ1) is 21.9. The highest BCUT2D eigenvalue weighted by Crippen LogP contribution is 2.25. The fourth-order valence-corrected chi connectivity index (χ4v) is 4.03. The normalized spacial score (nSPS) is 11.5. The molecule has 1 unspecified atom stereocenters. The monoisotopic (exact) mass is 441 g/mol. The second kappa shape index (κ2) is 10.8. The van der Waals surface area contributed by atoms with Crippen LogP contribution in [0.3, 0.4) is 0 Å². The van der Waals surface area contributed by atoms with Crippen LogP contribution in [-0.2, 0) is 4.79 Å². The molecular weight excluding hydrogens is 418 g/mol. The van der Waals surface area contributed by atoms with E-state index in [1.165, 1.54) is 18.4 Å². The Morgan fingerprint density at radius 3 is 2.60 bits per heavy atom. The van der Waals surface area contributed by atoms with E-state index in [2.05, 4.69) is 15.6 Å². The van der Waals surface area contributed by atoms with Crippen molar-refractivity contribution in [2.24, 2.45) is 0 Å². The first-order valence-corrected chi connectivity index (χ1v) is 11.6. The summed E-state index contributed by atoms with van der Waals surface area (Å²) in [5.74, 6) is 0.558. The number of thiazole rings is 1. The van der Waals surface area contributed by atoms with Gasteiger partial charge in [0.25, 0.3) is 5.91 Å². The molecule has 0 radical (unpaired) electrons. The zero-order valence-electron chi connectivity index (χ0n) is 16.8. The van der Waals surface area contributed by atoms with Crippen LogP contribution in [0.25, 0.3) is 11.3 Å². The van der Waals surface area contributed by atoms with Gasteiger partial charge in [-0.05, 0) is 30.6 Å². The summed E-state index contributed by atoms with van der Waals surface area (Å²) in [5, 5.41) is 8.07. The molecule has 1 atom stereocenters. The second-order valence-electron chi connectivity index (χ2n) is 6.40. The van der Waals surface area contributed by atoms with E-state index in [1.54, 1.807) is 36.0 Å². The van der Waals surface area contributed by atoms with Gasteiger partial charge in [-0.2, -0.15) is 11.8 Å². The largest absolute Gasteiger partial charge is 0.496 e. The predicted octanol–water partition coefficient (Wildman–Crippen LogP) is 4.31. The van der Waals surface area contributed by atoms with E-state index < -0.39 is 6.04 Å². The molecule has 30 heavy (non-hydrogen) atoms. The smallest absolute Gasteiger partial charge is 0.255 e. The lowest BCUT2D eigenvalue weighted by Gasteiger charge is -2.18. The van der Waals surface area contributed by atoms with Crippen LogP contribution >= 0.6 is 23.1 Å². The number of thioether (sulfide) groups is 1. The maximum absolute atomic E-state index is 12.9. The SMILES string of the molecule is COc1ccccc1C(=O)NC(CCSC)C(=O)Nc1nc(-c2ccccc2)cs1. The molecule has 1 aromatic heterocycles. The Labute approximate surface area is 184 Å². The number of carbonyl (C=O) groups excluding carboxylic acids is 2. The third-order valence-electron chi connectivity index (χ3n) is 4.39. The standard InChI is InChI=1S/C22H23N3O3S2/c1-28-19-11-7-6-10-16(19)20(26)23-17(12-13-29-2)21(27)25-22-24-18(14-30-22)15-8-4-3-5-9-15/h3-11,14,17H,12-13H2,1-2H3,(H,23,26)(H,24,25,27). The summed E-state index contributed by atoms with van der Waals surface area (Å²) in [7, 11) is 1.51. The van der Waals surface area contributed by atoms with E-state index in [9.17, 15) is 9.59 Å². The third kappa shape index (κ3) is 5.61. The van der Waals surface area contributed by atoms with E-state index in [-0.39, 0.29) is 11.8 Å². The van der Waals surface area contributed by atoms with Crippen molar-refractivity contribution in [3.05, 3.63) is 65.5 Å². The van der Waals surface area contributed by atoms with Crippen LogP contribution in [0.15, 0.2) is 60.0 Å². The fraction of sp³-hybridized carbons (Fsp3) is 0.227. The number of methoxy groups -OCH3 is 1. The van der Waals surface area contributed by atoms with Gasteiger partial charge < -0.3 is 15.4 Å². The summed E-state index contributed by atoms with van der Waals surface area (Å²) in [6.07, 6.45) is 2.47. The molecule has 2 amide bonds. The van der Waals surface area contributed by atoms with Crippen LogP contribution in [0, 0.1) is 0 Å². The molecule has 0 aliphatic heterocycles. The highest BCUT2D eigenvalue weighted by molar-refractivity contribution is 7.98. The molecule has 0 saturated heterocycles. The van der Waals surface area contributed by atoms with Crippen LogP contribution < -0.4 is 15.4 Å². The number of nitrogens with zero attached hydrogens (tertiary/aromatic N) is 1. The molecule has 0 fully saturated rings. The van der Waals surface area contributed by atoms with E-state index in [0.717, 1.165) is 17.0 Å². The maximum atomic E-state index is 12.9. The number of carbonyl (C=O) groups is 2. The maximum Gasteiger partial charge on any atom is 0.255 e. The molecule has 0 spiro atoms. The second-order valence-corrected chi connectivity index (χ2v) is 8.24. The summed E-state index contributed by atoms with van der Waals surface area (Å²) in [6, 6.07) is 16.0. The summed E-state index contributed by atoms with van der Waals surface area (Å²) in [6.45, 7) is 0. The van der Waals surface area contributed by atoms with Crippen molar-refractivity contribution in [3.63, 3.8) is 0 Å². The Morgan fingerprint density at radius 2 is 1.87 bits per heavy atom. The lowest BCUT2D eigenvalue weighted by Crippen LogP contribution is -2.44. The van der Waals surface area contributed by atoms with Crippen LogP contribution in [-0.4, -0.2) is 42.0 Å². The molecule has 3 rings (SSSR count). The number of nitrogens with one attached hydrogen (secondary N) is 2. The molecule has 6 nitrogen and oxygen atoms in total. The van der Waals surface area contributed by atoms with Gasteiger partial charge in [0.05, 0.1) is 18.4 Å². The molecule has 2 aromatic carbocycles. The van der Waals surface area contributed by atoms with E-state index in [4.69, 9.17) is 4.74 Å². The Balaban J connectivity index is 1.71. The van der Waals surface area contributed by atoms with Gasteiger partial charge in [-0.15, -0.1) is 11.3 Å². The van der Waals surface area contributed by atoms with E-state index in [1.807, 2.05) is 42.0 Å². The lowest BCUT2D eigenvalue weighted by molar-refractivity contribution is -0.118. The number of amides is 2. The van der Waals surface area contributed by atoms with Crippen molar-refractivity contribution >= 4 is 40.0 Å². The van der Waals surface area contributed by atoms with Crippen LogP contribution in [0.4, 0.5) is 5.13 Å². The van der Waals surface area contributed by atoms with Gasteiger partial charge in [0.15, 0.2) is 5.13 Å². The van der Waals surface area contributed by atoms with Gasteiger partial charge in [-0.1, -0.05) is 42.5 Å². The number of rotatable bonds is 9. The van der Waals surface area contributed by atoms with Crippen molar-refractivity contribution in [1.29, 1.82) is 0 Å². The topological polar surface area (TPSA) is 80.3 Å². The predicted molar refractivity (Wildman–Crippen MR) is 123 cm³/mol. The number of hydrogen-bond donors (Lipinski definition) is 2. The van der Waals surface area contributed by atoms with Crippen molar-refractivity contribution in [3.8, 4) is 17.0 Å². The Kier molecular flexibility index (Phi) is 7.87. The Bertz CT molecular complexity index is 992. The molecule has 2 N–H and O–H groups in total. The van der Waals surface area contributed by atoms with Crippen LogP contribution in [0.1, 0.15) is 16.8 Å².